The lowest BCUT2D eigenvalue weighted by atomic mass is 10.0. The van der Waals surface area contributed by atoms with Crippen molar-refractivity contribution in [3.05, 3.63) is 41.5 Å². The molecule has 2 aromatic rings. The van der Waals surface area contributed by atoms with Gasteiger partial charge in [-0.15, -0.1) is 0 Å². The summed E-state index contributed by atoms with van der Waals surface area (Å²) in [6.07, 6.45) is 9.28. The van der Waals surface area contributed by atoms with Crippen LogP contribution >= 0.6 is 0 Å². The Balaban J connectivity index is 1.39. The highest BCUT2D eigenvalue weighted by molar-refractivity contribution is 5.97. The lowest BCUT2D eigenvalue weighted by Crippen LogP contribution is -2.43. The van der Waals surface area contributed by atoms with E-state index in [9.17, 15) is 4.79 Å². The van der Waals surface area contributed by atoms with E-state index in [0.29, 0.717) is 23.6 Å². The summed E-state index contributed by atoms with van der Waals surface area (Å²) < 4.78 is 11.6. The van der Waals surface area contributed by atoms with Gasteiger partial charge in [0.25, 0.3) is 5.91 Å². The minimum absolute atomic E-state index is 0.135. The topological polar surface area (TPSA) is 79.5 Å². The van der Waals surface area contributed by atoms with Gasteiger partial charge in [-0.3, -0.25) is 4.79 Å². The second-order valence-corrected chi connectivity index (χ2v) is 8.35. The Labute approximate surface area is 178 Å². The Bertz CT molecular complexity index is 852. The second-order valence-electron chi connectivity index (χ2n) is 8.35. The zero-order valence-electron chi connectivity index (χ0n) is 17.9. The first kappa shape index (κ1) is 20.7. The van der Waals surface area contributed by atoms with Gasteiger partial charge in [0, 0.05) is 31.0 Å². The maximum absolute atomic E-state index is 12.9. The summed E-state index contributed by atoms with van der Waals surface area (Å²) in [5.41, 5.74) is 1.46. The third-order valence-corrected chi connectivity index (χ3v) is 6.21. The van der Waals surface area contributed by atoms with Crippen molar-refractivity contribution in [1.82, 2.24) is 20.2 Å². The molecule has 7 nitrogen and oxygen atoms in total. The number of H-pyrrole nitrogens is 1. The van der Waals surface area contributed by atoms with Gasteiger partial charge in [-0.05, 0) is 50.8 Å². The normalized spacial score (nSPS) is 18.5. The van der Waals surface area contributed by atoms with E-state index in [0.717, 1.165) is 43.5 Å². The summed E-state index contributed by atoms with van der Waals surface area (Å²) in [6.45, 7) is 4.42. The number of nitrogens with zero attached hydrogens (tertiary/aromatic N) is 2. The Hall–Kier alpha value is -2.54. The van der Waals surface area contributed by atoms with Crippen molar-refractivity contribution in [2.45, 2.75) is 64.1 Å². The van der Waals surface area contributed by atoms with E-state index in [2.05, 4.69) is 20.2 Å². The fraction of sp³-hybridized carbons (Fsp3) is 0.565. The summed E-state index contributed by atoms with van der Waals surface area (Å²) in [6, 6.07) is 6.19. The van der Waals surface area contributed by atoms with E-state index >= 15 is 0 Å². The van der Waals surface area contributed by atoms with Crippen LogP contribution in [0.1, 0.15) is 60.4 Å². The number of ether oxygens (including phenoxy) is 2. The van der Waals surface area contributed by atoms with Crippen LogP contribution in [0, 0.1) is 6.92 Å². The van der Waals surface area contributed by atoms with Gasteiger partial charge in [0.05, 0.1) is 19.2 Å². The highest BCUT2D eigenvalue weighted by Crippen LogP contribution is 2.30. The number of aromatic amines is 1. The largest absolute Gasteiger partial charge is 0.497 e. The van der Waals surface area contributed by atoms with E-state index in [4.69, 9.17) is 9.47 Å². The highest BCUT2D eigenvalue weighted by atomic mass is 16.5. The van der Waals surface area contributed by atoms with Crippen LogP contribution in [-0.2, 0) is 6.54 Å². The number of rotatable bonds is 7. The standard InChI is InChI=1S/C23H32N4O3/c1-16-14-24-22(26-16)15-25-23(28)20-13-19(29-2)7-8-21(20)30-18-9-11-27(12-10-18)17-5-3-4-6-17/h7-8,13-14,17-18H,3-6,9-12,15H2,1-2H3,(H,24,26)(H,25,28). The number of amides is 1. The number of piperidine rings is 1. The summed E-state index contributed by atoms with van der Waals surface area (Å²) in [4.78, 5) is 22.9. The number of benzene rings is 1. The molecule has 0 bridgehead atoms. The van der Waals surface area contributed by atoms with Gasteiger partial charge in [-0.25, -0.2) is 4.98 Å². The molecule has 1 saturated carbocycles. The third-order valence-electron chi connectivity index (χ3n) is 6.21. The first-order chi connectivity index (χ1) is 14.6. The Kier molecular flexibility index (Phi) is 6.57. The van der Waals surface area contributed by atoms with Gasteiger partial charge in [-0.2, -0.15) is 0 Å². The molecular weight excluding hydrogens is 380 g/mol. The second kappa shape index (κ2) is 9.51. The quantitative estimate of drug-likeness (QED) is 0.728. The average Bonchev–Trinajstić information content (AvgIpc) is 3.45. The van der Waals surface area contributed by atoms with Crippen LogP contribution in [0.2, 0.25) is 0 Å². The predicted octanol–water partition coefficient (Wildman–Crippen LogP) is 3.44. The van der Waals surface area contributed by atoms with Crippen LogP contribution in [0.5, 0.6) is 11.5 Å². The van der Waals surface area contributed by atoms with Crippen LogP contribution in [0.15, 0.2) is 24.4 Å². The monoisotopic (exact) mass is 412 g/mol. The number of aryl methyl sites for hydroxylation is 1. The summed E-state index contributed by atoms with van der Waals surface area (Å²) in [7, 11) is 1.60. The zero-order chi connectivity index (χ0) is 20.9. The molecule has 162 valence electrons. The van der Waals surface area contributed by atoms with Crippen molar-refractivity contribution in [2.24, 2.45) is 0 Å². The molecule has 0 spiro atoms. The minimum atomic E-state index is -0.193. The third kappa shape index (κ3) is 4.95. The zero-order valence-corrected chi connectivity index (χ0v) is 17.9. The van der Waals surface area contributed by atoms with Crippen LogP contribution in [0.3, 0.4) is 0 Å². The molecule has 1 amide bonds. The van der Waals surface area contributed by atoms with Crippen molar-refractivity contribution in [2.75, 3.05) is 20.2 Å². The maximum atomic E-state index is 12.9. The molecule has 1 aliphatic heterocycles. The molecular formula is C23H32N4O3. The molecule has 2 aliphatic rings. The minimum Gasteiger partial charge on any atom is -0.497 e. The first-order valence-electron chi connectivity index (χ1n) is 11.0. The van der Waals surface area contributed by atoms with Crippen LogP contribution < -0.4 is 14.8 Å². The molecule has 2 fully saturated rings. The molecule has 2 heterocycles. The summed E-state index contributed by atoms with van der Waals surface area (Å²) >= 11 is 0. The van der Waals surface area contributed by atoms with Gasteiger partial charge < -0.3 is 24.7 Å². The molecule has 1 aromatic heterocycles. The molecule has 7 heteroatoms. The predicted molar refractivity (Wildman–Crippen MR) is 115 cm³/mol. The Morgan fingerprint density at radius 2 is 2.00 bits per heavy atom. The molecule has 30 heavy (non-hydrogen) atoms. The first-order valence-corrected chi connectivity index (χ1v) is 11.0. The smallest absolute Gasteiger partial charge is 0.255 e. The number of methoxy groups -OCH3 is 1. The summed E-state index contributed by atoms with van der Waals surface area (Å²) in [5.74, 6) is 1.78. The van der Waals surface area contributed by atoms with Gasteiger partial charge >= 0.3 is 0 Å². The van der Waals surface area contributed by atoms with Crippen LogP contribution in [0.4, 0.5) is 0 Å². The number of aromatic nitrogens is 2. The molecule has 2 N–H and O–H groups in total. The fourth-order valence-electron chi connectivity index (χ4n) is 4.54. The van der Waals surface area contributed by atoms with Gasteiger partial charge in [0.2, 0.25) is 0 Å². The molecule has 1 aliphatic carbocycles. The van der Waals surface area contributed by atoms with Crippen molar-refractivity contribution < 1.29 is 14.3 Å². The number of hydrogen-bond acceptors (Lipinski definition) is 5. The summed E-state index contributed by atoms with van der Waals surface area (Å²) in [5, 5.41) is 2.93. The molecule has 0 unspecified atom stereocenters. The molecule has 1 aromatic carbocycles. The van der Waals surface area contributed by atoms with Crippen molar-refractivity contribution in [1.29, 1.82) is 0 Å². The number of imidazole rings is 1. The lowest BCUT2D eigenvalue weighted by Gasteiger charge is -2.36. The number of carbonyl (C=O) groups is 1. The van der Waals surface area contributed by atoms with Gasteiger partial charge in [0.1, 0.15) is 23.4 Å². The number of carbonyl (C=O) groups excluding carboxylic acids is 1. The number of nitrogens with one attached hydrogen (secondary N) is 2. The van der Waals surface area contributed by atoms with E-state index < -0.39 is 0 Å². The maximum Gasteiger partial charge on any atom is 0.255 e. The number of likely N-dealkylation sites (tertiary alicyclic amines) is 1. The SMILES string of the molecule is COc1ccc(OC2CCN(C3CCCC3)CC2)c(C(=O)NCc2ncc(C)[nH]2)c1. The van der Waals surface area contributed by atoms with Gasteiger partial charge in [0.15, 0.2) is 0 Å². The van der Waals surface area contributed by atoms with Crippen LogP contribution in [0.25, 0.3) is 0 Å². The average molecular weight is 413 g/mol. The van der Waals surface area contributed by atoms with Crippen molar-refractivity contribution >= 4 is 5.91 Å². The molecule has 0 radical (unpaired) electrons. The Morgan fingerprint density at radius 3 is 2.67 bits per heavy atom. The highest BCUT2D eigenvalue weighted by Gasteiger charge is 2.28. The van der Waals surface area contributed by atoms with E-state index in [1.807, 2.05) is 19.1 Å². The van der Waals surface area contributed by atoms with Crippen molar-refractivity contribution in [3.8, 4) is 11.5 Å². The van der Waals surface area contributed by atoms with Crippen LogP contribution in [-0.4, -0.2) is 53.1 Å². The fourth-order valence-corrected chi connectivity index (χ4v) is 4.54. The molecule has 0 atom stereocenters. The van der Waals surface area contributed by atoms with E-state index in [-0.39, 0.29) is 12.0 Å². The molecule has 1 saturated heterocycles. The Morgan fingerprint density at radius 1 is 1.23 bits per heavy atom. The van der Waals surface area contributed by atoms with E-state index in [1.165, 1.54) is 25.7 Å². The van der Waals surface area contributed by atoms with E-state index in [1.54, 1.807) is 19.4 Å². The van der Waals surface area contributed by atoms with Crippen molar-refractivity contribution in [3.63, 3.8) is 0 Å². The number of hydrogen-bond donors (Lipinski definition) is 2. The lowest BCUT2D eigenvalue weighted by molar-refractivity contribution is 0.0749. The van der Waals surface area contributed by atoms with Gasteiger partial charge in [-0.1, -0.05) is 12.8 Å². The molecule has 4 rings (SSSR count).